The SMILES string of the molecule is CCC(CN)CC(=O)Nc1cc(NS(C)(=O)=O)ccc1Cl. The van der Waals surface area contributed by atoms with Crippen LogP contribution in [0.4, 0.5) is 11.4 Å². The topological polar surface area (TPSA) is 101 Å². The Morgan fingerprint density at radius 3 is 2.62 bits per heavy atom. The summed E-state index contributed by atoms with van der Waals surface area (Å²) >= 11 is 6.00. The molecule has 0 aliphatic carbocycles. The maximum absolute atomic E-state index is 11.9. The van der Waals surface area contributed by atoms with Crippen molar-refractivity contribution in [1.82, 2.24) is 0 Å². The van der Waals surface area contributed by atoms with E-state index in [4.69, 9.17) is 17.3 Å². The number of hydrogen-bond donors (Lipinski definition) is 3. The summed E-state index contributed by atoms with van der Waals surface area (Å²) in [7, 11) is -3.38. The molecule has 1 rings (SSSR count). The van der Waals surface area contributed by atoms with E-state index in [1.54, 1.807) is 0 Å². The molecule has 0 spiro atoms. The van der Waals surface area contributed by atoms with Crippen LogP contribution < -0.4 is 15.8 Å². The molecule has 4 N–H and O–H groups in total. The predicted octanol–water partition coefficient (Wildman–Crippen LogP) is 2.02. The Bertz CT molecular complexity index is 601. The third-order valence-corrected chi connectivity index (χ3v) is 3.86. The molecule has 0 saturated heterocycles. The predicted molar refractivity (Wildman–Crippen MR) is 86.0 cm³/mol. The number of carbonyl (C=O) groups excluding carboxylic acids is 1. The van der Waals surface area contributed by atoms with Crippen molar-refractivity contribution in [2.75, 3.05) is 22.8 Å². The van der Waals surface area contributed by atoms with Crippen molar-refractivity contribution in [3.8, 4) is 0 Å². The Morgan fingerprint density at radius 2 is 2.10 bits per heavy atom. The van der Waals surface area contributed by atoms with Crippen molar-refractivity contribution in [2.45, 2.75) is 19.8 Å². The van der Waals surface area contributed by atoms with Crippen LogP contribution in [0, 0.1) is 5.92 Å². The third kappa shape index (κ3) is 6.33. The quantitative estimate of drug-likeness (QED) is 0.710. The van der Waals surface area contributed by atoms with Gasteiger partial charge in [-0.3, -0.25) is 9.52 Å². The molecule has 0 radical (unpaired) electrons. The Balaban J connectivity index is 2.82. The number of nitrogens with two attached hydrogens (primary N) is 1. The molecule has 1 atom stereocenters. The number of halogens is 1. The molecule has 0 aliphatic rings. The number of sulfonamides is 1. The van der Waals surface area contributed by atoms with Crippen molar-refractivity contribution in [3.05, 3.63) is 23.2 Å². The molecule has 21 heavy (non-hydrogen) atoms. The first kappa shape index (κ1) is 17.7. The molecule has 0 aromatic heterocycles. The summed E-state index contributed by atoms with van der Waals surface area (Å²) in [6.45, 7) is 2.40. The minimum atomic E-state index is -3.38. The van der Waals surface area contributed by atoms with E-state index < -0.39 is 10.0 Å². The molecule has 6 nitrogen and oxygen atoms in total. The molecule has 118 valence electrons. The van der Waals surface area contributed by atoms with Gasteiger partial charge >= 0.3 is 0 Å². The molecule has 1 amide bonds. The van der Waals surface area contributed by atoms with Gasteiger partial charge in [0.1, 0.15) is 0 Å². The van der Waals surface area contributed by atoms with E-state index >= 15 is 0 Å². The summed E-state index contributed by atoms with van der Waals surface area (Å²) in [6.07, 6.45) is 2.16. The largest absolute Gasteiger partial charge is 0.330 e. The van der Waals surface area contributed by atoms with E-state index in [0.29, 0.717) is 29.4 Å². The van der Waals surface area contributed by atoms with Crippen molar-refractivity contribution in [1.29, 1.82) is 0 Å². The zero-order valence-electron chi connectivity index (χ0n) is 12.0. The van der Waals surface area contributed by atoms with Gasteiger partial charge in [0.15, 0.2) is 0 Å². The number of benzene rings is 1. The van der Waals surface area contributed by atoms with Gasteiger partial charge in [-0.1, -0.05) is 24.9 Å². The van der Waals surface area contributed by atoms with Crippen LogP contribution in [-0.2, 0) is 14.8 Å². The zero-order valence-corrected chi connectivity index (χ0v) is 13.6. The first-order chi connectivity index (χ1) is 9.75. The monoisotopic (exact) mass is 333 g/mol. The van der Waals surface area contributed by atoms with E-state index in [1.807, 2.05) is 6.92 Å². The normalized spacial score (nSPS) is 12.8. The van der Waals surface area contributed by atoms with Gasteiger partial charge in [0.25, 0.3) is 0 Å². The molecule has 1 aromatic carbocycles. The summed E-state index contributed by atoms with van der Waals surface area (Å²) in [4.78, 5) is 11.9. The second-order valence-electron chi connectivity index (χ2n) is 4.83. The summed E-state index contributed by atoms with van der Waals surface area (Å²) in [5.74, 6) is -0.0909. The molecule has 0 aliphatic heterocycles. The van der Waals surface area contributed by atoms with Crippen molar-refractivity contribution < 1.29 is 13.2 Å². The molecule has 0 saturated carbocycles. The number of amides is 1. The van der Waals surface area contributed by atoms with Crippen LogP contribution in [0.1, 0.15) is 19.8 Å². The van der Waals surface area contributed by atoms with Crippen LogP contribution in [-0.4, -0.2) is 27.1 Å². The fourth-order valence-corrected chi connectivity index (χ4v) is 2.48. The van der Waals surface area contributed by atoms with Crippen LogP contribution in [0.3, 0.4) is 0 Å². The van der Waals surface area contributed by atoms with E-state index in [2.05, 4.69) is 10.0 Å². The Labute approximate surface area is 130 Å². The van der Waals surface area contributed by atoms with Gasteiger partial charge < -0.3 is 11.1 Å². The fraction of sp³-hybridized carbons (Fsp3) is 0.462. The highest BCUT2D eigenvalue weighted by atomic mass is 35.5. The molecular formula is C13H20ClN3O3S. The lowest BCUT2D eigenvalue weighted by Crippen LogP contribution is -2.22. The third-order valence-electron chi connectivity index (χ3n) is 2.93. The van der Waals surface area contributed by atoms with Gasteiger partial charge in [-0.25, -0.2) is 8.42 Å². The first-order valence-electron chi connectivity index (χ1n) is 6.52. The standard InChI is InChI=1S/C13H20ClN3O3S/c1-3-9(8-15)6-13(18)16-12-7-10(4-5-11(12)14)17-21(2,19)20/h4-5,7,9,17H,3,6,8,15H2,1-2H3,(H,16,18). The number of rotatable bonds is 7. The molecule has 1 unspecified atom stereocenters. The van der Waals surface area contributed by atoms with Gasteiger partial charge in [-0.2, -0.15) is 0 Å². The summed E-state index contributed by atoms with van der Waals surface area (Å²) in [5, 5.41) is 3.01. The van der Waals surface area contributed by atoms with Gasteiger partial charge in [-0.15, -0.1) is 0 Å². The minimum Gasteiger partial charge on any atom is -0.330 e. The Kier molecular flexibility index (Phi) is 6.44. The zero-order chi connectivity index (χ0) is 16.0. The van der Waals surface area contributed by atoms with E-state index in [1.165, 1.54) is 18.2 Å². The molecule has 0 bridgehead atoms. The number of anilines is 2. The van der Waals surface area contributed by atoms with Gasteiger partial charge in [0, 0.05) is 6.42 Å². The van der Waals surface area contributed by atoms with Gasteiger partial charge in [0.05, 0.1) is 22.7 Å². The summed E-state index contributed by atoms with van der Waals surface area (Å²) < 4.78 is 24.7. The van der Waals surface area contributed by atoms with Crippen molar-refractivity contribution in [2.24, 2.45) is 11.7 Å². The highest BCUT2D eigenvalue weighted by molar-refractivity contribution is 7.92. The Morgan fingerprint density at radius 1 is 1.43 bits per heavy atom. The lowest BCUT2D eigenvalue weighted by atomic mass is 10.0. The maximum atomic E-state index is 11.9. The van der Waals surface area contributed by atoms with E-state index in [0.717, 1.165) is 12.7 Å². The highest BCUT2D eigenvalue weighted by Gasteiger charge is 2.13. The van der Waals surface area contributed by atoms with Crippen LogP contribution in [0.2, 0.25) is 5.02 Å². The average Bonchev–Trinajstić information content (AvgIpc) is 2.38. The second-order valence-corrected chi connectivity index (χ2v) is 6.99. The van der Waals surface area contributed by atoms with Crippen LogP contribution in [0.5, 0.6) is 0 Å². The van der Waals surface area contributed by atoms with Crippen molar-refractivity contribution >= 4 is 38.9 Å². The van der Waals surface area contributed by atoms with E-state index in [9.17, 15) is 13.2 Å². The highest BCUT2D eigenvalue weighted by Crippen LogP contribution is 2.26. The molecular weight excluding hydrogens is 314 g/mol. The molecule has 1 aromatic rings. The average molecular weight is 334 g/mol. The minimum absolute atomic E-state index is 0.112. The summed E-state index contributed by atoms with van der Waals surface area (Å²) in [6, 6.07) is 4.52. The van der Waals surface area contributed by atoms with Crippen LogP contribution in [0.25, 0.3) is 0 Å². The lowest BCUT2D eigenvalue weighted by molar-refractivity contribution is -0.117. The lowest BCUT2D eigenvalue weighted by Gasteiger charge is -2.13. The van der Waals surface area contributed by atoms with Gasteiger partial charge in [0.2, 0.25) is 15.9 Å². The number of hydrogen-bond acceptors (Lipinski definition) is 4. The van der Waals surface area contributed by atoms with Crippen LogP contribution in [0.15, 0.2) is 18.2 Å². The second kappa shape index (κ2) is 7.63. The first-order valence-corrected chi connectivity index (χ1v) is 8.79. The van der Waals surface area contributed by atoms with Crippen molar-refractivity contribution in [3.63, 3.8) is 0 Å². The molecule has 8 heteroatoms. The molecule has 0 fully saturated rings. The summed E-state index contributed by atoms with van der Waals surface area (Å²) in [5.41, 5.74) is 6.26. The number of nitrogens with one attached hydrogen (secondary N) is 2. The Hall–Kier alpha value is -1.31. The fourth-order valence-electron chi connectivity index (χ4n) is 1.76. The van der Waals surface area contributed by atoms with E-state index in [-0.39, 0.29) is 11.8 Å². The number of carbonyl (C=O) groups is 1. The van der Waals surface area contributed by atoms with Gasteiger partial charge in [-0.05, 0) is 30.7 Å². The van der Waals surface area contributed by atoms with Crippen LogP contribution >= 0.6 is 11.6 Å². The smallest absolute Gasteiger partial charge is 0.229 e. The molecule has 0 heterocycles. The maximum Gasteiger partial charge on any atom is 0.229 e.